The zero-order chi connectivity index (χ0) is 16.6. The number of aryl methyl sites for hydroxylation is 2. The number of methoxy groups -OCH3 is 1. The number of ether oxygens (including phenoxy) is 1. The number of anilines is 1. The van der Waals surface area contributed by atoms with Gasteiger partial charge in [-0.3, -0.25) is 9.48 Å². The minimum atomic E-state index is -0.193. The third kappa shape index (κ3) is 2.83. The van der Waals surface area contributed by atoms with Gasteiger partial charge in [-0.2, -0.15) is 5.10 Å². The molecular formula is C16H16N4O2S. The highest BCUT2D eigenvalue weighted by atomic mass is 32.1. The van der Waals surface area contributed by atoms with Crippen molar-refractivity contribution in [2.24, 2.45) is 7.05 Å². The third-order valence-electron chi connectivity index (χ3n) is 3.53. The molecule has 1 aliphatic heterocycles. The van der Waals surface area contributed by atoms with Crippen molar-refractivity contribution in [1.82, 2.24) is 15.1 Å². The molecule has 0 atom stereocenters. The Hall–Kier alpha value is -2.67. The second-order valence-electron chi connectivity index (χ2n) is 5.18. The van der Waals surface area contributed by atoms with E-state index in [9.17, 15) is 4.79 Å². The van der Waals surface area contributed by atoms with Gasteiger partial charge in [-0.05, 0) is 42.9 Å². The molecule has 7 heteroatoms. The Bertz CT molecular complexity index is 808. The lowest BCUT2D eigenvalue weighted by molar-refractivity contribution is -0.113. The van der Waals surface area contributed by atoms with Crippen LogP contribution >= 0.6 is 12.2 Å². The van der Waals surface area contributed by atoms with Crippen LogP contribution in [0.1, 0.15) is 11.3 Å². The zero-order valence-corrected chi connectivity index (χ0v) is 13.8. The quantitative estimate of drug-likeness (QED) is 0.690. The summed E-state index contributed by atoms with van der Waals surface area (Å²) < 4.78 is 6.78. The van der Waals surface area contributed by atoms with Crippen LogP contribution in [0.4, 0.5) is 5.69 Å². The van der Waals surface area contributed by atoms with E-state index in [1.807, 2.05) is 38.2 Å². The van der Waals surface area contributed by atoms with Gasteiger partial charge in [-0.25, -0.2) is 4.90 Å². The Morgan fingerprint density at radius 2 is 2.00 bits per heavy atom. The van der Waals surface area contributed by atoms with Crippen molar-refractivity contribution < 1.29 is 9.53 Å². The molecule has 6 nitrogen and oxygen atoms in total. The first-order valence-corrected chi connectivity index (χ1v) is 7.42. The number of carbonyl (C=O) groups excluding carboxylic acids is 1. The Balaban J connectivity index is 1.91. The van der Waals surface area contributed by atoms with Crippen molar-refractivity contribution >= 4 is 35.0 Å². The summed E-state index contributed by atoms with van der Waals surface area (Å²) in [5, 5.41) is 7.57. The molecule has 1 aromatic carbocycles. The Morgan fingerprint density at radius 3 is 2.57 bits per heavy atom. The van der Waals surface area contributed by atoms with Crippen molar-refractivity contribution in [3.63, 3.8) is 0 Å². The summed E-state index contributed by atoms with van der Waals surface area (Å²) in [6.07, 6.45) is 3.54. The standard InChI is InChI=1S/C16H16N4O2S/c1-10-14(9-19(2)18-10)20-15(21)13(17-16(20)23)8-11-4-6-12(22-3)7-5-11/h4-9H,1-3H3,(H,17,23). The van der Waals surface area contributed by atoms with Gasteiger partial charge in [0.15, 0.2) is 5.11 Å². The maximum absolute atomic E-state index is 12.7. The van der Waals surface area contributed by atoms with E-state index < -0.39 is 0 Å². The third-order valence-corrected chi connectivity index (χ3v) is 3.82. The van der Waals surface area contributed by atoms with Crippen LogP contribution in [-0.2, 0) is 11.8 Å². The van der Waals surface area contributed by atoms with Crippen LogP contribution < -0.4 is 15.0 Å². The van der Waals surface area contributed by atoms with E-state index in [1.54, 1.807) is 24.1 Å². The lowest BCUT2D eigenvalue weighted by Crippen LogP contribution is -2.30. The van der Waals surface area contributed by atoms with Gasteiger partial charge in [-0.15, -0.1) is 0 Å². The van der Waals surface area contributed by atoms with Gasteiger partial charge in [0.1, 0.15) is 11.4 Å². The molecule has 0 spiro atoms. The predicted molar refractivity (Wildman–Crippen MR) is 92.1 cm³/mol. The lowest BCUT2D eigenvalue weighted by atomic mass is 10.2. The van der Waals surface area contributed by atoms with E-state index in [4.69, 9.17) is 17.0 Å². The lowest BCUT2D eigenvalue weighted by Gasteiger charge is -2.11. The van der Waals surface area contributed by atoms with Crippen LogP contribution in [0.5, 0.6) is 5.75 Å². The molecule has 0 radical (unpaired) electrons. The van der Waals surface area contributed by atoms with Crippen LogP contribution in [0.2, 0.25) is 0 Å². The molecule has 1 amide bonds. The highest BCUT2D eigenvalue weighted by molar-refractivity contribution is 7.80. The number of thiocarbonyl (C=S) groups is 1. The number of carbonyl (C=O) groups is 1. The zero-order valence-electron chi connectivity index (χ0n) is 13.0. The summed E-state index contributed by atoms with van der Waals surface area (Å²) in [4.78, 5) is 14.1. The maximum Gasteiger partial charge on any atom is 0.281 e. The topological polar surface area (TPSA) is 59.4 Å². The van der Waals surface area contributed by atoms with Crippen LogP contribution in [0.15, 0.2) is 36.2 Å². The minimum Gasteiger partial charge on any atom is -0.497 e. The number of amides is 1. The number of hydrogen-bond acceptors (Lipinski definition) is 4. The summed E-state index contributed by atoms with van der Waals surface area (Å²) in [6.45, 7) is 1.84. The molecule has 0 saturated carbocycles. The molecule has 2 aromatic rings. The van der Waals surface area contributed by atoms with Crippen LogP contribution in [0, 0.1) is 6.92 Å². The molecule has 1 N–H and O–H groups in total. The van der Waals surface area contributed by atoms with Gasteiger partial charge in [0, 0.05) is 13.2 Å². The molecule has 118 valence electrons. The first kappa shape index (κ1) is 15.2. The Labute approximate surface area is 139 Å². The molecule has 1 saturated heterocycles. The average Bonchev–Trinajstić information content (AvgIpc) is 2.99. The molecular weight excluding hydrogens is 312 g/mol. The number of nitrogens with zero attached hydrogens (tertiary/aromatic N) is 3. The highest BCUT2D eigenvalue weighted by Crippen LogP contribution is 2.25. The predicted octanol–water partition coefficient (Wildman–Crippen LogP) is 2.00. The minimum absolute atomic E-state index is 0.193. The molecule has 3 rings (SSSR count). The van der Waals surface area contributed by atoms with Gasteiger partial charge >= 0.3 is 0 Å². The summed E-state index contributed by atoms with van der Waals surface area (Å²) in [7, 11) is 3.42. The molecule has 1 fully saturated rings. The normalized spacial score (nSPS) is 16.1. The van der Waals surface area contributed by atoms with Crippen LogP contribution in [-0.4, -0.2) is 27.9 Å². The Morgan fingerprint density at radius 1 is 1.30 bits per heavy atom. The number of aromatic nitrogens is 2. The smallest absolute Gasteiger partial charge is 0.281 e. The molecule has 0 aliphatic carbocycles. The van der Waals surface area contributed by atoms with Gasteiger partial charge in [0.2, 0.25) is 0 Å². The summed E-state index contributed by atoms with van der Waals surface area (Å²) in [6, 6.07) is 7.43. The Kier molecular flexibility index (Phi) is 3.87. The molecule has 0 bridgehead atoms. The van der Waals surface area contributed by atoms with Crippen molar-refractivity contribution in [3.8, 4) is 5.75 Å². The average molecular weight is 328 g/mol. The summed E-state index contributed by atoms with van der Waals surface area (Å²) in [5.74, 6) is 0.572. The fourth-order valence-electron chi connectivity index (χ4n) is 2.43. The molecule has 0 unspecified atom stereocenters. The number of hydrogen-bond donors (Lipinski definition) is 1. The first-order valence-electron chi connectivity index (χ1n) is 7.01. The number of benzene rings is 1. The second-order valence-corrected chi connectivity index (χ2v) is 5.56. The highest BCUT2D eigenvalue weighted by Gasteiger charge is 2.33. The maximum atomic E-state index is 12.7. The van der Waals surface area contributed by atoms with Crippen molar-refractivity contribution in [2.75, 3.05) is 12.0 Å². The van der Waals surface area contributed by atoms with E-state index in [-0.39, 0.29) is 5.91 Å². The van der Waals surface area contributed by atoms with E-state index in [0.29, 0.717) is 16.5 Å². The monoisotopic (exact) mass is 328 g/mol. The van der Waals surface area contributed by atoms with Crippen LogP contribution in [0.25, 0.3) is 6.08 Å². The van der Waals surface area contributed by atoms with Gasteiger partial charge in [-0.1, -0.05) is 12.1 Å². The number of nitrogens with one attached hydrogen (secondary N) is 1. The first-order chi connectivity index (χ1) is 11.0. The van der Waals surface area contributed by atoms with Crippen molar-refractivity contribution in [2.45, 2.75) is 6.92 Å². The van der Waals surface area contributed by atoms with Gasteiger partial charge in [0.25, 0.3) is 5.91 Å². The van der Waals surface area contributed by atoms with E-state index in [0.717, 1.165) is 17.0 Å². The van der Waals surface area contributed by atoms with Gasteiger partial charge < -0.3 is 10.1 Å². The van der Waals surface area contributed by atoms with E-state index in [1.165, 1.54) is 4.90 Å². The fourth-order valence-corrected chi connectivity index (χ4v) is 2.72. The van der Waals surface area contributed by atoms with Gasteiger partial charge in [0.05, 0.1) is 18.5 Å². The second kappa shape index (κ2) is 5.85. The van der Waals surface area contributed by atoms with Crippen LogP contribution in [0.3, 0.4) is 0 Å². The fraction of sp³-hybridized carbons (Fsp3) is 0.188. The molecule has 1 aliphatic rings. The molecule has 1 aromatic heterocycles. The summed E-state index contributed by atoms with van der Waals surface area (Å²) >= 11 is 5.30. The largest absolute Gasteiger partial charge is 0.497 e. The van der Waals surface area contributed by atoms with Crippen molar-refractivity contribution in [3.05, 3.63) is 47.4 Å². The van der Waals surface area contributed by atoms with E-state index >= 15 is 0 Å². The molecule has 23 heavy (non-hydrogen) atoms. The van der Waals surface area contributed by atoms with Crippen molar-refractivity contribution in [1.29, 1.82) is 0 Å². The van der Waals surface area contributed by atoms with E-state index in [2.05, 4.69) is 10.4 Å². The number of rotatable bonds is 3. The SMILES string of the molecule is COc1ccc(C=C2NC(=S)N(c3cn(C)nc3C)C2=O)cc1. The molecule has 2 heterocycles. The summed E-state index contributed by atoms with van der Waals surface area (Å²) in [5.41, 5.74) is 2.75.